The average molecular weight is 377 g/mol. The molecule has 3 fully saturated rings. The van der Waals surface area contributed by atoms with Gasteiger partial charge in [-0.2, -0.15) is 13.5 Å². The van der Waals surface area contributed by atoms with E-state index in [0.29, 0.717) is 17.9 Å². The van der Waals surface area contributed by atoms with Crippen LogP contribution >= 0.6 is 0 Å². The Morgan fingerprint density at radius 2 is 2.04 bits per heavy atom. The standard InChI is InChI=1S/C12H19N5O7S/c1-15(11(19)7-4-8(7)13)14-10(18)9-3-2-6-5-16(9)12(20)17(6)24-25(21,22)23/h6-9H,2-5,13H2,1H3,(H,14,18)(H,21,22,23)/t6-,7?,8?,9+/m0/s1. The van der Waals surface area contributed by atoms with Crippen LogP contribution in [0.15, 0.2) is 0 Å². The lowest BCUT2D eigenvalue weighted by atomic mass is 10.0. The summed E-state index contributed by atoms with van der Waals surface area (Å²) in [7, 11) is -3.44. The van der Waals surface area contributed by atoms with E-state index in [2.05, 4.69) is 9.71 Å². The van der Waals surface area contributed by atoms with Gasteiger partial charge in [0.25, 0.3) is 5.91 Å². The Morgan fingerprint density at radius 1 is 1.40 bits per heavy atom. The van der Waals surface area contributed by atoms with E-state index < -0.39 is 34.4 Å². The van der Waals surface area contributed by atoms with E-state index >= 15 is 0 Å². The van der Waals surface area contributed by atoms with Crippen molar-refractivity contribution in [2.24, 2.45) is 11.7 Å². The third kappa shape index (κ3) is 3.53. The monoisotopic (exact) mass is 377 g/mol. The number of nitrogens with two attached hydrogens (primary N) is 1. The first kappa shape index (κ1) is 17.8. The summed E-state index contributed by atoms with van der Waals surface area (Å²) >= 11 is 0. The topological polar surface area (TPSA) is 163 Å². The van der Waals surface area contributed by atoms with Crippen molar-refractivity contribution in [1.29, 1.82) is 0 Å². The normalized spacial score (nSPS) is 31.1. The first-order chi connectivity index (χ1) is 11.6. The number of hydroxylamine groups is 2. The Hall–Kier alpha value is -1.96. The number of nitrogens with zero attached hydrogens (tertiary/aromatic N) is 3. The molecule has 0 spiro atoms. The molecule has 13 heteroatoms. The highest BCUT2D eigenvalue weighted by atomic mass is 32.3. The van der Waals surface area contributed by atoms with Crippen molar-refractivity contribution in [1.82, 2.24) is 20.4 Å². The molecule has 12 nitrogen and oxygen atoms in total. The number of piperidine rings is 1. The number of amides is 4. The third-order valence-electron chi connectivity index (χ3n) is 4.57. The number of rotatable bonds is 4. The zero-order chi connectivity index (χ0) is 18.5. The maximum atomic E-state index is 12.4. The smallest absolute Gasteiger partial charge is 0.327 e. The molecule has 2 heterocycles. The van der Waals surface area contributed by atoms with E-state index in [1.807, 2.05) is 0 Å². The molecule has 140 valence electrons. The molecule has 0 aromatic rings. The van der Waals surface area contributed by atoms with Gasteiger partial charge in [-0.15, -0.1) is 4.28 Å². The molecule has 0 aromatic carbocycles. The van der Waals surface area contributed by atoms with Crippen molar-refractivity contribution in [2.75, 3.05) is 13.6 Å². The van der Waals surface area contributed by atoms with Crippen molar-refractivity contribution in [3.8, 4) is 0 Å². The number of hydrazine groups is 1. The summed E-state index contributed by atoms with van der Waals surface area (Å²) in [6.45, 7) is 0.0810. The van der Waals surface area contributed by atoms with E-state index in [1.165, 1.54) is 7.05 Å². The lowest BCUT2D eigenvalue weighted by Gasteiger charge is -2.30. The van der Waals surface area contributed by atoms with Crippen molar-refractivity contribution in [3.63, 3.8) is 0 Å². The van der Waals surface area contributed by atoms with Crippen LogP contribution in [0.4, 0.5) is 4.79 Å². The number of carbonyl (C=O) groups excluding carboxylic acids is 3. The number of urea groups is 1. The van der Waals surface area contributed by atoms with Crippen molar-refractivity contribution >= 4 is 28.2 Å². The fourth-order valence-corrected chi connectivity index (χ4v) is 3.53. The maximum absolute atomic E-state index is 12.4. The molecule has 2 unspecified atom stereocenters. The van der Waals surface area contributed by atoms with Crippen molar-refractivity contribution in [3.05, 3.63) is 0 Å². The molecular formula is C12H19N5O7S. The first-order valence-electron chi connectivity index (χ1n) is 7.69. The molecule has 3 rings (SSSR count). The van der Waals surface area contributed by atoms with Gasteiger partial charge >= 0.3 is 16.4 Å². The van der Waals surface area contributed by atoms with Gasteiger partial charge in [-0.05, 0) is 19.3 Å². The Morgan fingerprint density at radius 3 is 2.60 bits per heavy atom. The predicted octanol–water partition coefficient (Wildman–Crippen LogP) is -2.17. The van der Waals surface area contributed by atoms with Crippen LogP contribution in [0.1, 0.15) is 19.3 Å². The second kappa shape index (κ2) is 6.09. The Bertz CT molecular complexity index is 713. The van der Waals surface area contributed by atoms with Gasteiger partial charge in [-0.3, -0.25) is 24.6 Å². The highest BCUT2D eigenvalue weighted by Gasteiger charge is 2.50. The highest BCUT2D eigenvalue weighted by Crippen LogP contribution is 2.31. The van der Waals surface area contributed by atoms with Crippen molar-refractivity contribution in [2.45, 2.75) is 37.4 Å². The summed E-state index contributed by atoms with van der Waals surface area (Å²) in [5.74, 6) is -1.18. The SMILES string of the molecule is CN(NC(=O)[C@H]1CC[C@H]2CN1C(=O)N2OS(=O)(=O)O)C(=O)C1CC1N. The molecule has 1 aliphatic carbocycles. The van der Waals surface area contributed by atoms with E-state index in [9.17, 15) is 22.8 Å². The second-order valence-electron chi connectivity index (χ2n) is 6.39. The maximum Gasteiger partial charge on any atom is 0.418 e. The van der Waals surface area contributed by atoms with Gasteiger partial charge in [0.15, 0.2) is 0 Å². The molecule has 0 aromatic heterocycles. The molecule has 1 saturated carbocycles. The number of hydrogen-bond acceptors (Lipinski definition) is 7. The lowest BCUT2D eigenvalue weighted by Crippen LogP contribution is -2.55. The fourth-order valence-electron chi connectivity index (χ4n) is 3.15. The van der Waals surface area contributed by atoms with Crippen LogP contribution in [0.5, 0.6) is 0 Å². The third-order valence-corrected chi connectivity index (χ3v) is 4.91. The minimum absolute atomic E-state index is 0.0810. The quantitative estimate of drug-likeness (QED) is 0.368. The van der Waals surface area contributed by atoms with E-state index in [4.69, 9.17) is 10.3 Å². The lowest BCUT2D eigenvalue weighted by molar-refractivity contribution is -0.142. The summed E-state index contributed by atoms with van der Waals surface area (Å²) < 4.78 is 34.7. The molecular weight excluding hydrogens is 358 g/mol. The first-order valence-corrected chi connectivity index (χ1v) is 9.05. The van der Waals surface area contributed by atoms with Crippen LogP contribution < -0.4 is 11.2 Å². The van der Waals surface area contributed by atoms with Gasteiger partial charge in [0.1, 0.15) is 6.04 Å². The molecule has 2 bridgehead atoms. The summed E-state index contributed by atoms with van der Waals surface area (Å²) in [6.07, 6.45) is 1.14. The Balaban J connectivity index is 1.63. The molecule has 4 amide bonds. The van der Waals surface area contributed by atoms with Gasteiger partial charge in [0, 0.05) is 19.6 Å². The van der Waals surface area contributed by atoms with Crippen LogP contribution in [-0.4, -0.2) is 77.5 Å². The van der Waals surface area contributed by atoms with Crippen molar-refractivity contribution < 1.29 is 31.6 Å². The van der Waals surface area contributed by atoms with Gasteiger partial charge in [-0.1, -0.05) is 0 Å². The fraction of sp³-hybridized carbons (Fsp3) is 0.750. The minimum atomic E-state index is -4.84. The number of hydrogen-bond donors (Lipinski definition) is 3. The van der Waals surface area contributed by atoms with Crippen LogP contribution in [0.3, 0.4) is 0 Å². The molecule has 2 saturated heterocycles. The van der Waals surface area contributed by atoms with E-state index in [-0.39, 0.29) is 30.8 Å². The molecule has 2 aliphatic heterocycles. The Kier molecular flexibility index (Phi) is 4.35. The average Bonchev–Trinajstić information content (AvgIpc) is 3.21. The van der Waals surface area contributed by atoms with Gasteiger partial charge in [0.05, 0.1) is 12.0 Å². The molecule has 4 atom stereocenters. The Labute approximate surface area is 143 Å². The molecule has 3 aliphatic rings. The van der Waals surface area contributed by atoms with E-state index in [1.54, 1.807) is 0 Å². The molecule has 0 radical (unpaired) electrons. The number of fused-ring (bicyclic) bond motifs is 2. The highest BCUT2D eigenvalue weighted by molar-refractivity contribution is 7.80. The number of nitrogens with one attached hydrogen (secondary N) is 1. The molecule has 4 N–H and O–H groups in total. The van der Waals surface area contributed by atoms with Gasteiger partial charge < -0.3 is 10.6 Å². The summed E-state index contributed by atoms with van der Waals surface area (Å²) in [5.41, 5.74) is 8.04. The zero-order valence-corrected chi connectivity index (χ0v) is 14.2. The van der Waals surface area contributed by atoms with Gasteiger partial charge in [-0.25, -0.2) is 4.79 Å². The number of carbonyl (C=O) groups is 3. The van der Waals surface area contributed by atoms with Crippen LogP contribution in [0, 0.1) is 5.92 Å². The van der Waals surface area contributed by atoms with Crippen LogP contribution in [0.2, 0.25) is 0 Å². The van der Waals surface area contributed by atoms with Crippen LogP contribution in [0.25, 0.3) is 0 Å². The minimum Gasteiger partial charge on any atom is -0.327 e. The van der Waals surface area contributed by atoms with E-state index in [0.717, 1.165) is 9.91 Å². The summed E-state index contributed by atoms with van der Waals surface area (Å²) in [4.78, 5) is 37.8. The summed E-state index contributed by atoms with van der Waals surface area (Å²) in [5, 5.41) is 1.61. The van der Waals surface area contributed by atoms with Gasteiger partial charge in [0.2, 0.25) is 5.91 Å². The van der Waals surface area contributed by atoms with Crippen LogP contribution in [-0.2, 0) is 24.3 Å². The summed E-state index contributed by atoms with van der Waals surface area (Å²) in [6, 6.07) is -2.49. The predicted molar refractivity (Wildman–Crippen MR) is 80.4 cm³/mol. The largest absolute Gasteiger partial charge is 0.418 e. The molecule has 25 heavy (non-hydrogen) atoms. The zero-order valence-electron chi connectivity index (χ0n) is 13.4. The second-order valence-corrected chi connectivity index (χ2v) is 7.39.